The number of nitrogens with zero attached hydrogens (tertiary/aromatic N) is 3. The first-order valence-electron chi connectivity index (χ1n) is 17.3. The van der Waals surface area contributed by atoms with Gasteiger partial charge in [0.15, 0.2) is 5.60 Å². The van der Waals surface area contributed by atoms with Gasteiger partial charge in [-0.2, -0.15) is 0 Å². The normalized spacial score (nSPS) is 24.1. The summed E-state index contributed by atoms with van der Waals surface area (Å²) in [5, 5.41) is 10.7. The smallest absolute Gasteiger partial charge is 0.264 e. The number of anilines is 3. The molecular weight excluding hydrogens is 685 g/mol. The summed E-state index contributed by atoms with van der Waals surface area (Å²) in [5.74, 6) is -1.20. The fourth-order valence-electron chi connectivity index (χ4n) is 8.55. The number of carbonyl (C=O) groups excluding carboxylic acids is 3. The molecule has 1 N–H and O–H groups in total. The van der Waals surface area contributed by atoms with Crippen LogP contribution >= 0.6 is 11.6 Å². The molecule has 3 aliphatic heterocycles. The van der Waals surface area contributed by atoms with Crippen LogP contribution in [0.4, 0.5) is 21.2 Å². The van der Waals surface area contributed by atoms with Crippen molar-refractivity contribution < 1.29 is 28.3 Å². The zero-order valence-corrected chi connectivity index (χ0v) is 30.6. The van der Waals surface area contributed by atoms with Crippen molar-refractivity contribution in [2.45, 2.75) is 69.2 Å². The van der Waals surface area contributed by atoms with Gasteiger partial charge in [-0.3, -0.25) is 19.3 Å². The molecule has 7 rings (SSSR count). The minimum absolute atomic E-state index is 0.123. The minimum Gasteiger partial charge on any atom is -0.394 e. The Morgan fingerprint density at radius 3 is 2.43 bits per heavy atom. The number of hydrogen-bond donors (Lipinski definition) is 1. The fourth-order valence-corrected chi connectivity index (χ4v) is 11.2. The monoisotopic (exact) mass is 725 g/mol. The average molecular weight is 726 g/mol. The Kier molecular flexibility index (Phi) is 9.39. The highest BCUT2D eigenvalue weighted by atomic mass is 35.5. The van der Waals surface area contributed by atoms with Gasteiger partial charge >= 0.3 is 0 Å². The highest BCUT2D eigenvalue weighted by Gasteiger charge is 2.67. The lowest BCUT2D eigenvalue weighted by molar-refractivity contribution is -0.151. The van der Waals surface area contributed by atoms with Crippen molar-refractivity contribution in [1.82, 2.24) is 4.90 Å². The lowest BCUT2D eigenvalue weighted by Crippen LogP contribution is -2.48. The fraction of sp³-hybridized carbons (Fsp3) is 0.325. The van der Waals surface area contributed by atoms with Crippen LogP contribution in [-0.2, 0) is 44.2 Å². The Morgan fingerprint density at radius 1 is 1.02 bits per heavy atom. The zero-order valence-electron chi connectivity index (χ0n) is 28.8. The number of carbonyl (C=O) groups is 3. The molecule has 0 aliphatic carbocycles. The maximum absolute atomic E-state index is 16.5. The van der Waals surface area contributed by atoms with E-state index in [9.17, 15) is 19.5 Å². The number of aliphatic hydroxyl groups excluding tert-OH is 1. The van der Waals surface area contributed by atoms with Crippen molar-refractivity contribution in [2.24, 2.45) is 5.92 Å². The Morgan fingerprint density at radius 2 is 1.73 bits per heavy atom. The Balaban J connectivity index is 1.22. The predicted molar refractivity (Wildman–Crippen MR) is 198 cm³/mol. The van der Waals surface area contributed by atoms with Gasteiger partial charge < -0.3 is 23.8 Å². The van der Waals surface area contributed by atoms with Crippen LogP contribution in [0.3, 0.4) is 0 Å². The van der Waals surface area contributed by atoms with E-state index in [0.29, 0.717) is 40.6 Å². The maximum atomic E-state index is 16.5. The van der Waals surface area contributed by atoms with Crippen LogP contribution < -0.4 is 9.80 Å². The number of aliphatic hydroxyl groups is 1. The third-order valence-electron chi connectivity index (χ3n) is 10.9. The second-order valence-electron chi connectivity index (χ2n) is 14.3. The molecule has 8 nitrogen and oxygen atoms in total. The first-order valence-corrected chi connectivity index (χ1v) is 20.6. The van der Waals surface area contributed by atoms with Gasteiger partial charge in [0.2, 0.25) is 20.7 Å². The zero-order chi connectivity index (χ0) is 36.1. The van der Waals surface area contributed by atoms with E-state index in [0.717, 1.165) is 23.1 Å². The van der Waals surface area contributed by atoms with E-state index in [1.165, 1.54) is 4.90 Å². The molecular formula is C40H41ClFN3O5Si. The Labute approximate surface area is 303 Å². The van der Waals surface area contributed by atoms with Crippen LogP contribution in [0.15, 0.2) is 97.1 Å². The topological polar surface area (TPSA) is 90.4 Å². The van der Waals surface area contributed by atoms with E-state index < -0.39 is 37.6 Å². The molecule has 0 aromatic heterocycles. The number of rotatable bonds is 9. The third-order valence-corrected chi connectivity index (χ3v) is 13.5. The molecule has 4 aromatic rings. The van der Waals surface area contributed by atoms with Gasteiger partial charge in [0.05, 0.1) is 37.4 Å². The van der Waals surface area contributed by atoms with Crippen molar-refractivity contribution in [1.29, 1.82) is 0 Å². The summed E-state index contributed by atoms with van der Waals surface area (Å²) in [7, 11) is -3.55. The molecule has 1 fully saturated rings. The maximum Gasteiger partial charge on any atom is 0.264 e. The molecule has 264 valence electrons. The van der Waals surface area contributed by atoms with Gasteiger partial charge in [0.25, 0.3) is 5.91 Å². The first-order chi connectivity index (χ1) is 24.5. The summed E-state index contributed by atoms with van der Waals surface area (Å²) in [6, 6.07) is 29.4. The summed E-state index contributed by atoms with van der Waals surface area (Å²) in [6.45, 7) is 5.37. The predicted octanol–water partition coefficient (Wildman–Crippen LogP) is 7.29. The molecule has 5 atom stereocenters. The lowest BCUT2D eigenvalue weighted by Gasteiger charge is -2.37. The average Bonchev–Trinajstić information content (AvgIpc) is 3.54. The molecule has 3 amide bonds. The molecule has 4 aromatic carbocycles. The second kappa shape index (κ2) is 13.6. The van der Waals surface area contributed by atoms with Crippen LogP contribution in [0, 0.1) is 5.92 Å². The van der Waals surface area contributed by atoms with Gasteiger partial charge in [-0.05, 0) is 78.7 Å². The molecule has 3 heterocycles. The number of halogens is 2. The van der Waals surface area contributed by atoms with Gasteiger partial charge in [-0.25, -0.2) is 0 Å². The third kappa shape index (κ3) is 6.18. The van der Waals surface area contributed by atoms with Crippen LogP contribution in [-0.4, -0.2) is 55.4 Å². The summed E-state index contributed by atoms with van der Waals surface area (Å²) < 4.78 is 23.3. The standard InChI is InChI=1S/C40H41ClFN3O5Si/c1-26-38(51(2,3)42)36(21-37(48)43-23-29-12-8-7-11-28(29)19-33(43)24-46)50-40(26)34-20-30(41)16-17-35(34)44(39(40)49)22-27-10-9-15-32(18-27)45(25-47)31-13-5-4-6-14-31/h4-18,20,25-26,33,36,38,46H,19,21-24H2,1-3H3/t26-,33-,36+,38-,40+/m0/s1. The number of hydrogen-bond acceptors (Lipinski definition) is 5. The van der Waals surface area contributed by atoms with Crippen molar-refractivity contribution in [3.05, 3.63) is 124 Å². The van der Waals surface area contributed by atoms with E-state index in [4.69, 9.17) is 16.3 Å². The lowest BCUT2D eigenvalue weighted by atomic mass is 9.82. The summed E-state index contributed by atoms with van der Waals surface area (Å²) in [6.07, 6.45) is 0.280. The van der Waals surface area contributed by atoms with Crippen molar-refractivity contribution in [3.63, 3.8) is 0 Å². The molecule has 0 bridgehead atoms. The van der Waals surface area contributed by atoms with E-state index in [2.05, 4.69) is 0 Å². The molecule has 3 aliphatic rings. The SMILES string of the molecule is C[C@H]1[C@H]([Si](C)(C)F)[C@@H](CC(=O)N2Cc3ccccc3C[C@H]2CO)O[C@]12C(=O)N(Cc1cccc(N(C=O)c3ccccc3)c1)c1ccc(Cl)cc12. The quantitative estimate of drug-likeness (QED) is 0.111. The summed E-state index contributed by atoms with van der Waals surface area (Å²) in [4.78, 5) is 46.0. The molecule has 11 heteroatoms. The highest BCUT2D eigenvalue weighted by Crippen LogP contribution is 2.60. The van der Waals surface area contributed by atoms with Gasteiger partial charge in [-0.1, -0.05) is 73.1 Å². The molecule has 51 heavy (non-hydrogen) atoms. The van der Waals surface area contributed by atoms with Crippen LogP contribution in [0.2, 0.25) is 23.7 Å². The van der Waals surface area contributed by atoms with Crippen molar-refractivity contribution in [3.8, 4) is 0 Å². The Hall–Kier alpha value is -4.35. The molecule has 0 saturated carbocycles. The van der Waals surface area contributed by atoms with Crippen LogP contribution in [0.25, 0.3) is 0 Å². The van der Waals surface area contributed by atoms with Gasteiger partial charge in [-0.15, -0.1) is 0 Å². The van der Waals surface area contributed by atoms with Crippen molar-refractivity contribution >= 4 is 55.3 Å². The number of amides is 3. The van der Waals surface area contributed by atoms with Gasteiger partial charge in [0, 0.05) is 40.0 Å². The van der Waals surface area contributed by atoms with E-state index in [-0.39, 0.29) is 31.4 Å². The highest BCUT2D eigenvalue weighted by molar-refractivity contribution is 6.72. The molecule has 1 saturated heterocycles. The number of fused-ring (bicyclic) bond motifs is 3. The largest absolute Gasteiger partial charge is 0.394 e. The summed E-state index contributed by atoms with van der Waals surface area (Å²) >= 11 is 6.57. The minimum atomic E-state index is -3.55. The van der Waals surface area contributed by atoms with Crippen LogP contribution in [0.1, 0.15) is 35.6 Å². The van der Waals surface area contributed by atoms with E-state index in [1.807, 2.05) is 85.8 Å². The number of para-hydroxylation sites is 1. The Bertz CT molecular complexity index is 1980. The summed E-state index contributed by atoms with van der Waals surface area (Å²) in [5.41, 5.74) is 3.14. The van der Waals surface area contributed by atoms with Gasteiger partial charge in [0.1, 0.15) is 0 Å². The molecule has 1 spiro atoms. The first kappa shape index (κ1) is 35.1. The molecule has 0 unspecified atom stereocenters. The molecule has 0 radical (unpaired) electrons. The number of benzene rings is 4. The number of ether oxygens (including phenoxy) is 1. The second-order valence-corrected chi connectivity index (χ2v) is 18.6. The van der Waals surface area contributed by atoms with E-state index in [1.54, 1.807) is 41.1 Å². The van der Waals surface area contributed by atoms with Crippen LogP contribution in [0.5, 0.6) is 0 Å². The van der Waals surface area contributed by atoms with Crippen molar-refractivity contribution in [2.75, 3.05) is 16.4 Å². The van der Waals surface area contributed by atoms with E-state index >= 15 is 4.11 Å².